The molecular weight excluding hydrogens is 709 g/mol. The normalized spacial score (nSPS) is 11.8. The molecule has 0 radical (unpaired) electrons. The minimum atomic E-state index is 0.518. The highest BCUT2D eigenvalue weighted by Gasteiger charge is 2.19. The number of rotatable bonds is 5. The second-order valence-corrected chi connectivity index (χ2v) is 14.8. The van der Waals surface area contributed by atoms with Crippen molar-refractivity contribution in [3.8, 4) is 45.7 Å². The molecule has 0 saturated carbocycles. The van der Waals surface area contributed by atoms with Gasteiger partial charge in [-0.1, -0.05) is 127 Å². The van der Waals surface area contributed by atoms with Gasteiger partial charge >= 0.3 is 0 Å². The van der Waals surface area contributed by atoms with Gasteiger partial charge < -0.3 is 9.13 Å². The molecular formula is C52H32N6. The van der Waals surface area contributed by atoms with E-state index in [1.165, 1.54) is 37.8 Å². The lowest BCUT2D eigenvalue weighted by Crippen LogP contribution is -2.02. The van der Waals surface area contributed by atoms with E-state index in [-0.39, 0.29) is 0 Å². The fourth-order valence-corrected chi connectivity index (χ4v) is 8.62. The van der Waals surface area contributed by atoms with Crippen molar-refractivity contribution in [1.29, 1.82) is 0 Å². The van der Waals surface area contributed by atoms with E-state index >= 15 is 0 Å². The predicted molar refractivity (Wildman–Crippen MR) is 238 cm³/mol. The Balaban J connectivity index is 1.03. The number of para-hydroxylation sites is 3. The molecule has 0 spiro atoms. The van der Waals surface area contributed by atoms with E-state index in [4.69, 9.17) is 19.9 Å². The molecule has 6 heteroatoms. The van der Waals surface area contributed by atoms with Crippen LogP contribution in [-0.4, -0.2) is 29.1 Å². The Labute approximate surface area is 333 Å². The Bertz CT molecular complexity index is 3470. The van der Waals surface area contributed by atoms with Gasteiger partial charge in [0, 0.05) is 38.4 Å². The Hall–Kier alpha value is -7.96. The van der Waals surface area contributed by atoms with Gasteiger partial charge in [-0.05, 0) is 82.2 Å². The molecule has 0 saturated heterocycles. The first-order valence-electron chi connectivity index (χ1n) is 19.5. The van der Waals surface area contributed by atoms with Crippen molar-refractivity contribution < 1.29 is 0 Å². The number of benzene rings is 8. The van der Waals surface area contributed by atoms with Crippen molar-refractivity contribution in [2.24, 2.45) is 0 Å². The van der Waals surface area contributed by atoms with Crippen molar-refractivity contribution in [1.82, 2.24) is 29.1 Å². The van der Waals surface area contributed by atoms with Crippen LogP contribution in [0, 0.1) is 0 Å². The zero-order chi connectivity index (χ0) is 38.2. The van der Waals surface area contributed by atoms with Gasteiger partial charge in [-0.25, -0.2) is 15.0 Å². The largest absolute Gasteiger partial charge is 0.309 e. The molecule has 12 rings (SSSR count). The predicted octanol–water partition coefficient (Wildman–Crippen LogP) is 12.8. The molecule has 0 bridgehead atoms. The van der Waals surface area contributed by atoms with Crippen LogP contribution in [0.25, 0.3) is 111 Å². The lowest BCUT2D eigenvalue weighted by Gasteiger charge is -2.11. The molecule has 4 aromatic heterocycles. The highest BCUT2D eigenvalue weighted by atomic mass is 15.1. The quantitative estimate of drug-likeness (QED) is 0.176. The second kappa shape index (κ2) is 12.8. The second-order valence-electron chi connectivity index (χ2n) is 14.8. The summed E-state index contributed by atoms with van der Waals surface area (Å²) in [5, 5.41) is 9.43. The molecule has 0 unspecified atom stereocenters. The van der Waals surface area contributed by atoms with Crippen LogP contribution in [0.3, 0.4) is 0 Å². The van der Waals surface area contributed by atoms with Crippen molar-refractivity contribution in [2.75, 3.05) is 0 Å². The van der Waals surface area contributed by atoms with Crippen molar-refractivity contribution >= 4 is 65.2 Å². The molecule has 8 aromatic carbocycles. The van der Waals surface area contributed by atoms with E-state index in [9.17, 15) is 0 Å². The summed E-state index contributed by atoms with van der Waals surface area (Å²) in [7, 11) is 0. The first-order valence-corrected chi connectivity index (χ1v) is 19.5. The van der Waals surface area contributed by atoms with Crippen LogP contribution in [0.5, 0.6) is 0 Å². The molecule has 0 aliphatic carbocycles. The van der Waals surface area contributed by atoms with E-state index < -0.39 is 0 Å². The first-order chi connectivity index (χ1) is 28.7. The monoisotopic (exact) mass is 740 g/mol. The van der Waals surface area contributed by atoms with Crippen LogP contribution >= 0.6 is 0 Å². The average Bonchev–Trinajstić information content (AvgIpc) is 3.80. The third kappa shape index (κ3) is 5.12. The number of pyridine rings is 1. The molecule has 0 N–H and O–H groups in total. The summed E-state index contributed by atoms with van der Waals surface area (Å²) in [5.41, 5.74) is 9.16. The molecule has 0 aliphatic rings. The molecule has 4 heterocycles. The summed E-state index contributed by atoms with van der Waals surface area (Å²) in [6, 6.07) is 66.1. The molecule has 270 valence electrons. The van der Waals surface area contributed by atoms with Gasteiger partial charge in [-0.15, -0.1) is 0 Å². The van der Waals surface area contributed by atoms with Crippen LogP contribution in [0.15, 0.2) is 194 Å². The highest BCUT2D eigenvalue weighted by molar-refractivity contribution is 6.19. The molecule has 0 amide bonds. The van der Waals surface area contributed by atoms with E-state index in [2.05, 4.69) is 191 Å². The molecule has 0 atom stereocenters. The van der Waals surface area contributed by atoms with E-state index in [1.807, 2.05) is 12.3 Å². The van der Waals surface area contributed by atoms with Crippen molar-refractivity contribution in [2.45, 2.75) is 0 Å². The van der Waals surface area contributed by atoms with Gasteiger partial charge in [0.15, 0.2) is 17.5 Å². The molecule has 0 aliphatic heterocycles. The molecule has 0 fully saturated rings. The van der Waals surface area contributed by atoms with Gasteiger partial charge in [0.1, 0.15) is 5.69 Å². The Morgan fingerprint density at radius 2 is 0.810 bits per heavy atom. The summed E-state index contributed by atoms with van der Waals surface area (Å²) < 4.78 is 4.69. The number of hydrogen-bond donors (Lipinski definition) is 0. The minimum absolute atomic E-state index is 0.518. The van der Waals surface area contributed by atoms with Gasteiger partial charge in [-0.3, -0.25) is 4.98 Å². The van der Waals surface area contributed by atoms with Crippen molar-refractivity contribution in [3.63, 3.8) is 0 Å². The van der Waals surface area contributed by atoms with Crippen LogP contribution in [0.1, 0.15) is 0 Å². The van der Waals surface area contributed by atoms with Crippen molar-refractivity contribution in [3.05, 3.63) is 194 Å². The first kappa shape index (κ1) is 32.3. The van der Waals surface area contributed by atoms with E-state index in [0.717, 1.165) is 49.8 Å². The summed E-state index contributed by atoms with van der Waals surface area (Å²) in [6.07, 6.45) is 1.94. The molecule has 58 heavy (non-hydrogen) atoms. The van der Waals surface area contributed by atoms with Crippen LogP contribution in [0.4, 0.5) is 0 Å². The number of hydrogen-bond acceptors (Lipinski definition) is 4. The zero-order valence-electron chi connectivity index (χ0n) is 31.2. The third-order valence-electron chi connectivity index (χ3n) is 11.4. The van der Waals surface area contributed by atoms with Gasteiger partial charge in [0.2, 0.25) is 0 Å². The average molecular weight is 741 g/mol. The Morgan fingerprint density at radius 3 is 1.38 bits per heavy atom. The standard InChI is InChI=1S/C52H32N6/c1-2-16-39(17-3-1)57-46-20-10-8-18-41(46)43-30-44-42-19-9-11-21-47(42)58(49(44)31-48(43)57)40-26-27-45(53-32-40)52-55-50(37-24-22-33-12-4-6-14-35(33)28-37)54-51(56-52)38-25-23-34-13-5-7-15-36(34)29-38/h1-32H. The maximum absolute atomic E-state index is 5.07. The maximum atomic E-state index is 5.07. The van der Waals surface area contributed by atoms with Gasteiger partial charge in [0.25, 0.3) is 0 Å². The lowest BCUT2D eigenvalue weighted by molar-refractivity contribution is 1.05. The summed E-state index contributed by atoms with van der Waals surface area (Å²) in [4.78, 5) is 20.2. The van der Waals surface area contributed by atoms with Crippen LogP contribution in [-0.2, 0) is 0 Å². The molecule has 6 nitrogen and oxygen atoms in total. The van der Waals surface area contributed by atoms with Crippen LogP contribution in [0.2, 0.25) is 0 Å². The van der Waals surface area contributed by atoms with E-state index in [1.54, 1.807) is 0 Å². The summed E-state index contributed by atoms with van der Waals surface area (Å²) in [6.45, 7) is 0. The van der Waals surface area contributed by atoms with E-state index in [0.29, 0.717) is 23.2 Å². The Morgan fingerprint density at radius 1 is 0.310 bits per heavy atom. The fourth-order valence-electron chi connectivity index (χ4n) is 8.62. The van der Waals surface area contributed by atoms with Gasteiger partial charge in [-0.2, -0.15) is 0 Å². The minimum Gasteiger partial charge on any atom is -0.309 e. The fraction of sp³-hybridized carbons (Fsp3) is 0. The smallest absolute Gasteiger partial charge is 0.182 e. The molecule has 12 aromatic rings. The Kier molecular flexibility index (Phi) is 7.13. The maximum Gasteiger partial charge on any atom is 0.182 e. The topological polar surface area (TPSA) is 61.4 Å². The highest BCUT2D eigenvalue weighted by Crippen LogP contribution is 2.40. The third-order valence-corrected chi connectivity index (χ3v) is 11.4. The summed E-state index contributed by atoms with van der Waals surface area (Å²) in [5.74, 6) is 1.72. The lowest BCUT2D eigenvalue weighted by atomic mass is 10.1. The summed E-state index contributed by atoms with van der Waals surface area (Å²) >= 11 is 0. The number of nitrogens with zero attached hydrogens (tertiary/aromatic N) is 6. The zero-order valence-corrected chi connectivity index (χ0v) is 31.2. The van der Waals surface area contributed by atoms with Gasteiger partial charge in [0.05, 0.1) is 34.0 Å². The number of aromatic nitrogens is 6. The van der Waals surface area contributed by atoms with Crippen LogP contribution < -0.4 is 0 Å². The number of fused-ring (bicyclic) bond motifs is 8. The SMILES string of the molecule is c1ccc(-n2c3ccccc3c3cc4c5ccccc5n(-c5ccc(-c6nc(-c7ccc8ccccc8c7)nc(-c7ccc8ccccc8c7)n6)nc5)c4cc32)cc1.